The lowest BCUT2D eigenvalue weighted by molar-refractivity contribution is -0.144. The van der Waals surface area contributed by atoms with E-state index in [0.717, 1.165) is 11.1 Å². The van der Waals surface area contributed by atoms with Crippen LogP contribution in [0.2, 0.25) is 0 Å². The molecule has 0 unspecified atom stereocenters. The zero-order valence-corrected chi connectivity index (χ0v) is 16.2. The highest BCUT2D eigenvalue weighted by atomic mass is 16.5. The van der Waals surface area contributed by atoms with Gasteiger partial charge in [-0.15, -0.1) is 0 Å². The van der Waals surface area contributed by atoms with E-state index in [4.69, 9.17) is 9.47 Å². The third-order valence-corrected chi connectivity index (χ3v) is 3.74. The summed E-state index contributed by atoms with van der Waals surface area (Å²) in [6.07, 6.45) is 11.6. The summed E-state index contributed by atoms with van der Waals surface area (Å²) in [7, 11) is 1.66. The van der Waals surface area contributed by atoms with Crippen LogP contribution in [0.25, 0.3) is 0 Å². The molecule has 3 heteroatoms. The van der Waals surface area contributed by atoms with E-state index in [-0.39, 0.29) is 12.1 Å². The average Bonchev–Trinajstić information content (AvgIpc) is 2.52. The molecule has 0 aromatic rings. The van der Waals surface area contributed by atoms with Crippen LogP contribution in [0.3, 0.4) is 0 Å². The second kappa shape index (κ2) is 10.8. The fourth-order valence-electron chi connectivity index (χ4n) is 1.95. The van der Waals surface area contributed by atoms with Crippen molar-refractivity contribution in [1.82, 2.24) is 0 Å². The van der Waals surface area contributed by atoms with E-state index in [2.05, 4.69) is 6.58 Å². The van der Waals surface area contributed by atoms with Gasteiger partial charge in [-0.05, 0) is 47.6 Å². The van der Waals surface area contributed by atoms with Crippen molar-refractivity contribution in [2.24, 2.45) is 0 Å². The number of hydrogen-bond acceptors (Lipinski definition) is 3. The molecule has 24 heavy (non-hydrogen) atoms. The lowest BCUT2D eigenvalue weighted by atomic mass is 9.96. The molecule has 0 aromatic heterocycles. The molecular weight excluding hydrogens is 300 g/mol. The molecule has 3 nitrogen and oxygen atoms in total. The number of methoxy groups -OCH3 is 1. The van der Waals surface area contributed by atoms with Crippen molar-refractivity contribution < 1.29 is 14.3 Å². The monoisotopic (exact) mass is 332 g/mol. The van der Waals surface area contributed by atoms with Crippen molar-refractivity contribution >= 4 is 5.97 Å². The highest BCUT2D eigenvalue weighted by Crippen LogP contribution is 2.23. The van der Waals surface area contributed by atoms with E-state index in [1.807, 2.05) is 58.9 Å². The maximum absolute atomic E-state index is 12.1. The minimum absolute atomic E-state index is 0.301. The van der Waals surface area contributed by atoms with Gasteiger partial charge in [-0.25, -0.2) is 4.79 Å². The second-order valence-electron chi connectivity index (χ2n) is 6.35. The summed E-state index contributed by atoms with van der Waals surface area (Å²) in [6.45, 7) is 15.2. The van der Waals surface area contributed by atoms with Crippen LogP contribution in [0.5, 0.6) is 0 Å². The molecule has 0 rings (SSSR count). The van der Waals surface area contributed by atoms with E-state index in [1.54, 1.807) is 26.2 Å². The molecule has 0 aliphatic rings. The largest absolute Gasteiger partial charge is 0.455 e. The summed E-state index contributed by atoms with van der Waals surface area (Å²) in [5, 5.41) is 0. The van der Waals surface area contributed by atoms with Gasteiger partial charge in [0, 0.05) is 19.1 Å². The van der Waals surface area contributed by atoms with Gasteiger partial charge in [-0.3, -0.25) is 0 Å². The highest BCUT2D eigenvalue weighted by molar-refractivity contribution is 5.87. The number of hydrogen-bond donors (Lipinski definition) is 0. The summed E-state index contributed by atoms with van der Waals surface area (Å²) in [6, 6.07) is 0. The Hall–Kier alpha value is -1.87. The van der Waals surface area contributed by atoms with Crippen LogP contribution in [0, 0.1) is 0 Å². The maximum atomic E-state index is 12.1. The minimum atomic E-state index is -0.543. The van der Waals surface area contributed by atoms with Gasteiger partial charge in [0.05, 0.1) is 5.60 Å². The lowest BCUT2D eigenvalue weighted by Crippen LogP contribution is -2.32. The molecule has 0 radical (unpaired) electrons. The first-order valence-corrected chi connectivity index (χ1v) is 8.20. The minimum Gasteiger partial charge on any atom is -0.455 e. The standard InChI is InChI=1S/C21H32O3/c1-9-17(5)12-11-13-21(7,23-8)15-19(14-16(3)4)24-20(22)18(6)10-2/h9-14,19H,1,15H2,2-8H3/b13-11+,17-12-,18-10-/t19-,21-/m0/s1. The molecule has 0 spiro atoms. The second-order valence-corrected chi connectivity index (χ2v) is 6.35. The summed E-state index contributed by atoms with van der Waals surface area (Å²) in [4.78, 5) is 12.1. The normalized spacial score (nSPS) is 16.5. The highest BCUT2D eigenvalue weighted by Gasteiger charge is 2.26. The van der Waals surface area contributed by atoms with Gasteiger partial charge in [0.25, 0.3) is 0 Å². The quantitative estimate of drug-likeness (QED) is 0.248. The van der Waals surface area contributed by atoms with Crippen LogP contribution in [-0.2, 0) is 14.3 Å². The molecule has 0 saturated carbocycles. The molecule has 0 fully saturated rings. The molecule has 0 amide bonds. The molecule has 0 heterocycles. The van der Waals surface area contributed by atoms with Gasteiger partial charge in [0.1, 0.15) is 6.10 Å². The van der Waals surface area contributed by atoms with Crippen LogP contribution in [0.4, 0.5) is 0 Å². The van der Waals surface area contributed by atoms with Gasteiger partial charge >= 0.3 is 5.97 Å². The number of carbonyl (C=O) groups excluding carboxylic acids is 1. The molecule has 0 aromatic carbocycles. The predicted octanol–water partition coefficient (Wildman–Crippen LogP) is 5.31. The number of esters is 1. The van der Waals surface area contributed by atoms with E-state index in [9.17, 15) is 4.79 Å². The summed E-state index contributed by atoms with van der Waals surface area (Å²) in [5.74, 6) is -0.301. The van der Waals surface area contributed by atoms with Crippen molar-refractivity contribution in [2.75, 3.05) is 7.11 Å². The van der Waals surface area contributed by atoms with Crippen molar-refractivity contribution in [3.05, 3.63) is 59.8 Å². The molecule has 0 aliphatic carbocycles. The molecule has 0 saturated heterocycles. The topological polar surface area (TPSA) is 35.5 Å². The molecule has 134 valence electrons. The van der Waals surface area contributed by atoms with E-state index >= 15 is 0 Å². The van der Waals surface area contributed by atoms with E-state index in [0.29, 0.717) is 12.0 Å². The number of carbonyl (C=O) groups is 1. The van der Waals surface area contributed by atoms with Crippen LogP contribution in [0.1, 0.15) is 48.0 Å². The van der Waals surface area contributed by atoms with Gasteiger partial charge in [0.15, 0.2) is 0 Å². The van der Waals surface area contributed by atoms with Gasteiger partial charge in [-0.2, -0.15) is 0 Å². The SMILES string of the molecule is C=C/C(C)=C\C=C\[C@@](C)(C[C@H](C=C(C)C)OC(=O)/C(C)=C\C)OC. The van der Waals surface area contributed by atoms with Crippen LogP contribution in [0.15, 0.2) is 59.8 Å². The van der Waals surface area contributed by atoms with Crippen molar-refractivity contribution in [1.29, 1.82) is 0 Å². The fourth-order valence-corrected chi connectivity index (χ4v) is 1.95. The van der Waals surface area contributed by atoms with Crippen LogP contribution < -0.4 is 0 Å². The Morgan fingerprint density at radius 3 is 2.33 bits per heavy atom. The van der Waals surface area contributed by atoms with Crippen molar-refractivity contribution in [3.63, 3.8) is 0 Å². The number of allylic oxidation sites excluding steroid dienone is 6. The Morgan fingerprint density at radius 2 is 1.88 bits per heavy atom. The Bertz CT molecular complexity index is 545. The smallest absolute Gasteiger partial charge is 0.333 e. The predicted molar refractivity (Wildman–Crippen MR) is 102 cm³/mol. The van der Waals surface area contributed by atoms with Crippen molar-refractivity contribution in [3.8, 4) is 0 Å². The molecule has 0 aliphatic heterocycles. The van der Waals surface area contributed by atoms with Crippen molar-refractivity contribution in [2.45, 2.75) is 59.7 Å². The number of rotatable bonds is 9. The van der Waals surface area contributed by atoms with E-state index in [1.165, 1.54) is 0 Å². The Balaban J connectivity index is 5.31. The van der Waals surface area contributed by atoms with Gasteiger partial charge in [-0.1, -0.05) is 48.1 Å². The molecule has 0 bridgehead atoms. The zero-order valence-electron chi connectivity index (χ0n) is 16.2. The number of ether oxygens (including phenoxy) is 2. The van der Waals surface area contributed by atoms with Gasteiger partial charge < -0.3 is 9.47 Å². The molecular formula is C21H32O3. The third-order valence-electron chi connectivity index (χ3n) is 3.74. The van der Waals surface area contributed by atoms with Gasteiger partial charge in [0.2, 0.25) is 0 Å². The maximum Gasteiger partial charge on any atom is 0.333 e. The molecule has 2 atom stereocenters. The molecule has 0 N–H and O–H groups in total. The lowest BCUT2D eigenvalue weighted by Gasteiger charge is -2.28. The fraction of sp³-hybridized carbons (Fsp3) is 0.476. The first-order valence-electron chi connectivity index (χ1n) is 8.20. The Morgan fingerprint density at radius 1 is 1.25 bits per heavy atom. The van der Waals surface area contributed by atoms with Crippen LogP contribution >= 0.6 is 0 Å². The van der Waals surface area contributed by atoms with E-state index < -0.39 is 5.60 Å². The summed E-state index contributed by atoms with van der Waals surface area (Å²) >= 11 is 0. The third kappa shape index (κ3) is 8.68. The Kier molecular flexibility index (Phi) is 9.98. The Labute approximate surface area is 147 Å². The zero-order chi connectivity index (χ0) is 18.8. The first-order chi connectivity index (χ1) is 11.2. The average molecular weight is 332 g/mol. The van der Waals surface area contributed by atoms with Crippen LogP contribution in [-0.4, -0.2) is 24.8 Å². The summed E-state index contributed by atoms with van der Waals surface area (Å²) in [5.41, 5.74) is 2.22. The first kappa shape index (κ1) is 22.1. The summed E-state index contributed by atoms with van der Waals surface area (Å²) < 4.78 is 11.3.